The van der Waals surface area contributed by atoms with Gasteiger partial charge in [0, 0.05) is 25.2 Å². The molecular weight excluding hydrogens is 346 g/mol. The molecule has 0 spiro atoms. The number of piperidine rings is 1. The van der Waals surface area contributed by atoms with Gasteiger partial charge < -0.3 is 20.0 Å². The summed E-state index contributed by atoms with van der Waals surface area (Å²) in [6.45, 7) is 2.65. The maximum absolute atomic E-state index is 12.2. The number of benzene rings is 1. The van der Waals surface area contributed by atoms with Gasteiger partial charge in [0.2, 0.25) is 11.8 Å². The van der Waals surface area contributed by atoms with E-state index in [2.05, 4.69) is 10.6 Å². The number of carbonyl (C=O) groups is 3. The maximum Gasteiger partial charge on any atom is 0.287 e. The molecular formula is C20H23N3O4. The Kier molecular flexibility index (Phi) is 5.90. The van der Waals surface area contributed by atoms with Crippen LogP contribution >= 0.6 is 0 Å². The lowest BCUT2D eigenvalue weighted by Crippen LogP contribution is -2.44. The van der Waals surface area contributed by atoms with Gasteiger partial charge in [-0.2, -0.15) is 0 Å². The first-order valence-electron chi connectivity index (χ1n) is 9.06. The molecule has 1 fully saturated rings. The van der Waals surface area contributed by atoms with Gasteiger partial charge in [0.15, 0.2) is 5.76 Å². The summed E-state index contributed by atoms with van der Waals surface area (Å²) in [5, 5.41) is 5.39. The largest absolute Gasteiger partial charge is 0.459 e. The van der Waals surface area contributed by atoms with Gasteiger partial charge in [0.25, 0.3) is 5.91 Å². The van der Waals surface area contributed by atoms with Crippen LogP contribution < -0.4 is 15.5 Å². The molecule has 1 aliphatic rings. The Morgan fingerprint density at radius 1 is 1.22 bits per heavy atom. The van der Waals surface area contributed by atoms with Gasteiger partial charge in [-0.15, -0.1) is 0 Å². The molecule has 1 atom stereocenters. The molecule has 142 valence electrons. The van der Waals surface area contributed by atoms with E-state index in [0.29, 0.717) is 13.0 Å². The summed E-state index contributed by atoms with van der Waals surface area (Å²) in [4.78, 5) is 38.0. The molecule has 1 saturated heterocycles. The molecule has 3 amide bonds. The average molecular weight is 369 g/mol. The minimum Gasteiger partial charge on any atom is -0.459 e. The number of carbonyl (C=O) groups excluding carboxylic acids is 3. The quantitative estimate of drug-likeness (QED) is 0.817. The first kappa shape index (κ1) is 18.7. The average Bonchev–Trinajstić information content (AvgIpc) is 3.21. The summed E-state index contributed by atoms with van der Waals surface area (Å²) >= 11 is 0. The molecule has 2 heterocycles. The third kappa shape index (κ3) is 4.75. The van der Waals surface area contributed by atoms with E-state index in [1.807, 2.05) is 24.3 Å². The molecule has 1 aliphatic heterocycles. The minimum atomic E-state index is -0.700. The zero-order chi connectivity index (χ0) is 19.2. The Bertz CT molecular complexity index is 816. The number of hydrogen-bond acceptors (Lipinski definition) is 4. The third-order valence-corrected chi connectivity index (χ3v) is 4.50. The highest BCUT2D eigenvalue weighted by molar-refractivity contribution is 5.95. The molecule has 0 radical (unpaired) electrons. The minimum absolute atomic E-state index is 0.136. The zero-order valence-corrected chi connectivity index (χ0v) is 15.2. The van der Waals surface area contributed by atoms with E-state index in [-0.39, 0.29) is 17.6 Å². The summed E-state index contributed by atoms with van der Waals surface area (Å²) in [5.41, 5.74) is 1.74. The topological polar surface area (TPSA) is 91.7 Å². The molecule has 0 aliphatic carbocycles. The van der Waals surface area contributed by atoms with Crippen LogP contribution in [0.25, 0.3) is 0 Å². The number of rotatable bonds is 6. The van der Waals surface area contributed by atoms with Gasteiger partial charge in [0.1, 0.15) is 6.04 Å². The summed E-state index contributed by atoms with van der Waals surface area (Å²) in [7, 11) is 0. The second-order valence-electron chi connectivity index (χ2n) is 6.56. The number of furan rings is 1. The van der Waals surface area contributed by atoms with Crippen molar-refractivity contribution in [3.63, 3.8) is 0 Å². The van der Waals surface area contributed by atoms with E-state index >= 15 is 0 Å². The van der Waals surface area contributed by atoms with Crippen molar-refractivity contribution >= 4 is 23.4 Å². The molecule has 7 heteroatoms. The molecule has 0 unspecified atom stereocenters. The molecule has 3 rings (SSSR count). The number of nitrogens with zero attached hydrogens (tertiary/aromatic N) is 1. The normalized spacial score (nSPS) is 15.3. The van der Waals surface area contributed by atoms with Gasteiger partial charge >= 0.3 is 0 Å². The highest BCUT2D eigenvalue weighted by atomic mass is 16.3. The third-order valence-electron chi connectivity index (χ3n) is 4.50. The van der Waals surface area contributed by atoms with Gasteiger partial charge in [0.05, 0.1) is 6.26 Å². The van der Waals surface area contributed by atoms with Crippen molar-refractivity contribution < 1.29 is 18.8 Å². The smallest absolute Gasteiger partial charge is 0.287 e. The lowest BCUT2D eigenvalue weighted by molar-refractivity contribution is -0.122. The molecule has 1 aromatic heterocycles. The summed E-state index contributed by atoms with van der Waals surface area (Å²) < 4.78 is 5.01. The van der Waals surface area contributed by atoms with Crippen molar-refractivity contribution in [2.24, 2.45) is 0 Å². The van der Waals surface area contributed by atoms with Gasteiger partial charge in [-0.3, -0.25) is 14.4 Å². The van der Waals surface area contributed by atoms with Gasteiger partial charge in [-0.1, -0.05) is 12.1 Å². The highest BCUT2D eigenvalue weighted by Gasteiger charge is 2.20. The van der Waals surface area contributed by atoms with Gasteiger partial charge in [-0.25, -0.2) is 0 Å². The van der Waals surface area contributed by atoms with E-state index < -0.39 is 11.9 Å². The van der Waals surface area contributed by atoms with Crippen LogP contribution in [0.5, 0.6) is 0 Å². The van der Waals surface area contributed by atoms with E-state index in [0.717, 1.165) is 30.6 Å². The summed E-state index contributed by atoms with van der Waals surface area (Å²) in [6.07, 6.45) is 3.92. The number of anilines is 1. The van der Waals surface area contributed by atoms with Crippen LogP contribution in [0.15, 0.2) is 47.1 Å². The van der Waals surface area contributed by atoms with Crippen LogP contribution in [0.2, 0.25) is 0 Å². The van der Waals surface area contributed by atoms with Gasteiger partial charge in [-0.05, 0) is 49.6 Å². The highest BCUT2D eigenvalue weighted by Crippen LogP contribution is 2.21. The predicted octanol–water partition coefficient (Wildman–Crippen LogP) is 2.23. The molecule has 2 N–H and O–H groups in total. The first-order valence-corrected chi connectivity index (χ1v) is 9.06. The van der Waals surface area contributed by atoms with Crippen molar-refractivity contribution in [3.8, 4) is 0 Å². The molecule has 7 nitrogen and oxygen atoms in total. The SMILES string of the molecule is C[C@H](NC(=O)c1ccco1)C(=O)NCc1cccc(N2CCCCC2=O)c1. The fourth-order valence-electron chi connectivity index (χ4n) is 3.00. The number of nitrogens with one attached hydrogen (secondary N) is 2. The monoisotopic (exact) mass is 369 g/mol. The predicted molar refractivity (Wildman–Crippen MR) is 100 cm³/mol. The Morgan fingerprint density at radius 2 is 2.07 bits per heavy atom. The maximum atomic E-state index is 12.2. The Balaban J connectivity index is 1.54. The van der Waals surface area contributed by atoms with Crippen molar-refractivity contribution in [2.75, 3.05) is 11.4 Å². The Labute approximate surface area is 157 Å². The van der Waals surface area contributed by atoms with Crippen LogP contribution in [-0.4, -0.2) is 30.3 Å². The van der Waals surface area contributed by atoms with Crippen molar-refractivity contribution in [1.82, 2.24) is 10.6 Å². The van der Waals surface area contributed by atoms with E-state index in [4.69, 9.17) is 4.42 Å². The van der Waals surface area contributed by atoms with Crippen LogP contribution in [0.4, 0.5) is 5.69 Å². The molecule has 0 bridgehead atoms. The molecule has 27 heavy (non-hydrogen) atoms. The second kappa shape index (κ2) is 8.53. The summed E-state index contributed by atoms with van der Waals surface area (Å²) in [6, 6.07) is 10.0. The fraction of sp³-hybridized carbons (Fsp3) is 0.350. The lowest BCUT2D eigenvalue weighted by atomic mass is 10.1. The zero-order valence-electron chi connectivity index (χ0n) is 15.2. The van der Waals surface area contributed by atoms with Crippen LogP contribution in [-0.2, 0) is 16.1 Å². The van der Waals surface area contributed by atoms with Crippen LogP contribution in [0.3, 0.4) is 0 Å². The van der Waals surface area contributed by atoms with E-state index in [1.165, 1.54) is 12.3 Å². The number of amides is 3. The van der Waals surface area contributed by atoms with Crippen molar-refractivity contribution in [1.29, 1.82) is 0 Å². The lowest BCUT2D eigenvalue weighted by Gasteiger charge is -2.27. The molecule has 1 aromatic carbocycles. The fourth-order valence-corrected chi connectivity index (χ4v) is 3.00. The Morgan fingerprint density at radius 3 is 2.81 bits per heavy atom. The summed E-state index contributed by atoms with van der Waals surface area (Å²) in [5.74, 6) is -0.437. The molecule has 0 saturated carbocycles. The number of hydrogen-bond donors (Lipinski definition) is 2. The first-order chi connectivity index (χ1) is 13.0. The molecule has 2 aromatic rings. The standard InChI is InChI=1S/C20H23N3O4/c1-14(22-20(26)17-8-5-11-27-17)19(25)21-13-15-6-4-7-16(12-15)23-10-3-2-9-18(23)24/h4-8,11-12,14H,2-3,9-10,13H2,1H3,(H,21,25)(H,22,26)/t14-/m0/s1. The van der Waals surface area contributed by atoms with Crippen molar-refractivity contribution in [2.45, 2.75) is 38.8 Å². The van der Waals surface area contributed by atoms with E-state index in [9.17, 15) is 14.4 Å². The van der Waals surface area contributed by atoms with E-state index in [1.54, 1.807) is 17.9 Å². The Hall–Kier alpha value is -3.09. The van der Waals surface area contributed by atoms with Crippen LogP contribution in [0, 0.1) is 0 Å². The second-order valence-corrected chi connectivity index (χ2v) is 6.56. The van der Waals surface area contributed by atoms with Crippen molar-refractivity contribution in [3.05, 3.63) is 54.0 Å². The van der Waals surface area contributed by atoms with Crippen LogP contribution in [0.1, 0.15) is 42.3 Å².